The Hall–Kier alpha value is -4.19. The molecule has 0 aliphatic carbocycles. The average molecular weight is 426 g/mol. The molecule has 3 aromatic carbocycles. The second-order valence-corrected chi connectivity index (χ2v) is 7.39. The highest BCUT2D eigenvalue weighted by Crippen LogP contribution is 2.24. The Labute approximate surface area is 185 Å². The number of carboxylic acids is 1. The van der Waals surface area contributed by atoms with Crippen molar-refractivity contribution >= 4 is 28.5 Å². The van der Waals surface area contributed by atoms with Crippen LogP contribution in [0.15, 0.2) is 84.9 Å². The maximum atomic E-state index is 12.3. The number of hydrogen-bond donors (Lipinski definition) is 1. The molecule has 32 heavy (non-hydrogen) atoms. The van der Waals surface area contributed by atoms with Gasteiger partial charge in [0.25, 0.3) is 0 Å². The number of anilines is 1. The lowest BCUT2D eigenvalue weighted by atomic mass is 10.1. The number of aromatic nitrogens is 1. The lowest BCUT2D eigenvalue weighted by Gasteiger charge is -2.22. The predicted octanol–water partition coefficient (Wildman–Crippen LogP) is 5.07. The monoisotopic (exact) mass is 426 g/mol. The molecule has 0 bridgehead atoms. The van der Waals surface area contributed by atoms with Crippen molar-refractivity contribution in [2.75, 3.05) is 4.90 Å². The van der Waals surface area contributed by atoms with E-state index in [1.165, 1.54) is 13.0 Å². The number of fused-ring (bicyclic) bond motifs is 1. The van der Waals surface area contributed by atoms with E-state index in [1.807, 2.05) is 54.6 Å². The van der Waals surface area contributed by atoms with Crippen molar-refractivity contribution in [3.8, 4) is 5.75 Å². The number of amides is 1. The first-order valence-corrected chi connectivity index (χ1v) is 10.2. The van der Waals surface area contributed by atoms with E-state index >= 15 is 0 Å². The van der Waals surface area contributed by atoms with Crippen LogP contribution < -0.4 is 9.64 Å². The van der Waals surface area contributed by atoms with E-state index in [4.69, 9.17) is 4.74 Å². The number of para-hydroxylation sites is 1. The van der Waals surface area contributed by atoms with Crippen LogP contribution in [0.4, 0.5) is 5.69 Å². The van der Waals surface area contributed by atoms with Crippen molar-refractivity contribution in [1.29, 1.82) is 0 Å². The van der Waals surface area contributed by atoms with Crippen molar-refractivity contribution in [1.82, 2.24) is 4.98 Å². The van der Waals surface area contributed by atoms with Crippen LogP contribution in [-0.2, 0) is 17.9 Å². The molecule has 0 saturated carbocycles. The first-order valence-electron chi connectivity index (χ1n) is 10.2. The number of nitrogens with zero attached hydrogens (tertiary/aromatic N) is 2. The molecule has 0 fully saturated rings. The molecule has 1 amide bonds. The summed E-state index contributed by atoms with van der Waals surface area (Å²) in [6, 6.07) is 25.7. The molecule has 0 unspecified atom stereocenters. The molecule has 0 radical (unpaired) electrons. The van der Waals surface area contributed by atoms with Gasteiger partial charge in [-0.3, -0.25) is 4.79 Å². The summed E-state index contributed by atoms with van der Waals surface area (Å²) in [4.78, 5) is 29.8. The predicted molar refractivity (Wildman–Crippen MR) is 123 cm³/mol. The topological polar surface area (TPSA) is 79.7 Å². The van der Waals surface area contributed by atoms with Crippen LogP contribution in [0.25, 0.3) is 10.9 Å². The van der Waals surface area contributed by atoms with Crippen LogP contribution in [0, 0.1) is 0 Å². The number of carbonyl (C=O) groups is 2. The van der Waals surface area contributed by atoms with Crippen molar-refractivity contribution in [2.45, 2.75) is 20.1 Å². The van der Waals surface area contributed by atoms with Crippen LogP contribution in [0.2, 0.25) is 0 Å². The lowest BCUT2D eigenvalue weighted by Crippen LogP contribution is -2.27. The summed E-state index contributed by atoms with van der Waals surface area (Å²) < 4.78 is 5.93. The molecule has 4 aromatic rings. The van der Waals surface area contributed by atoms with Crippen molar-refractivity contribution in [3.63, 3.8) is 0 Å². The molecule has 0 aliphatic heterocycles. The number of hydrogen-bond acceptors (Lipinski definition) is 4. The Kier molecular flexibility index (Phi) is 6.12. The van der Waals surface area contributed by atoms with Crippen molar-refractivity contribution in [2.24, 2.45) is 0 Å². The molecule has 1 heterocycles. The summed E-state index contributed by atoms with van der Waals surface area (Å²) >= 11 is 0. The highest BCUT2D eigenvalue weighted by molar-refractivity contribution is 5.92. The maximum absolute atomic E-state index is 12.3. The lowest BCUT2D eigenvalue weighted by molar-refractivity contribution is -0.116. The van der Waals surface area contributed by atoms with Gasteiger partial charge < -0.3 is 14.7 Å². The number of ether oxygens (including phenoxy) is 1. The normalized spacial score (nSPS) is 10.7. The van der Waals surface area contributed by atoms with E-state index in [1.54, 1.807) is 29.2 Å². The zero-order chi connectivity index (χ0) is 22.5. The van der Waals surface area contributed by atoms with E-state index in [0.29, 0.717) is 18.0 Å². The first-order chi connectivity index (χ1) is 15.5. The third-order valence-corrected chi connectivity index (χ3v) is 5.07. The number of aromatic carboxylic acids is 1. The Morgan fingerprint density at radius 2 is 1.75 bits per heavy atom. The third kappa shape index (κ3) is 4.92. The fourth-order valence-corrected chi connectivity index (χ4v) is 3.46. The first kappa shape index (κ1) is 21.1. The molecule has 0 aliphatic rings. The Bertz CT molecular complexity index is 1290. The number of pyridine rings is 1. The fourth-order valence-electron chi connectivity index (χ4n) is 3.46. The minimum atomic E-state index is -1.00. The van der Waals surface area contributed by atoms with Gasteiger partial charge in [0.2, 0.25) is 5.91 Å². The largest absolute Gasteiger partial charge is 0.487 e. The van der Waals surface area contributed by atoms with Crippen molar-refractivity contribution in [3.05, 3.63) is 102 Å². The third-order valence-electron chi connectivity index (χ3n) is 5.07. The number of rotatable bonds is 7. The molecule has 6 nitrogen and oxygen atoms in total. The van der Waals surface area contributed by atoms with Crippen LogP contribution in [-0.4, -0.2) is 22.0 Å². The number of benzene rings is 3. The van der Waals surface area contributed by atoms with Gasteiger partial charge in [-0.1, -0.05) is 42.5 Å². The molecule has 0 atom stereocenters. The maximum Gasteiger partial charge on any atom is 0.335 e. The summed E-state index contributed by atoms with van der Waals surface area (Å²) in [6.45, 7) is 2.04. The summed E-state index contributed by atoms with van der Waals surface area (Å²) in [5.74, 6) is -0.541. The quantitative estimate of drug-likeness (QED) is 0.447. The van der Waals surface area contributed by atoms with Gasteiger partial charge in [0.15, 0.2) is 0 Å². The van der Waals surface area contributed by atoms with E-state index in [2.05, 4.69) is 4.98 Å². The zero-order valence-corrected chi connectivity index (χ0v) is 17.6. The van der Waals surface area contributed by atoms with Gasteiger partial charge in [-0.25, -0.2) is 9.78 Å². The minimum absolute atomic E-state index is 0.154. The van der Waals surface area contributed by atoms with E-state index in [9.17, 15) is 14.7 Å². The molecule has 1 aromatic heterocycles. The molecule has 4 rings (SSSR count). The Morgan fingerprint density at radius 3 is 2.56 bits per heavy atom. The van der Waals surface area contributed by atoms with Gasteiger partial charge >= 0.3 is 5.97 Å². The molecule has 1 N–H and O–H groups in total. The second kappa shape index (κ2) is 9.31. The highest BCUT2D eigenvalue weighted by atomic mass is 16.5. The fraction of sp³-hybridized carbons (Fsp3) is 0.115. The molecule has 6 heteroatoms. The molecule has 160 valence electrons. The highest BCUT2D eigenvalue weighted by Gasteiger charge is 2.14. The molecular weight excluding hydrogens is 404 g/mol. The minimum Gasteiger partial charge on any atom is -0.487 e. The summed E-state index contributed by atoms with van der Waals surface area (Å²) in [6.07, 6.45) is 0. The van der Waals surface area contributed by atoms with Crippen LogP contribution in [0.5, 0.6) is 5.75 Å². The summed E-state index contributed by atoms with van der Waals surface area (Å²) in [7, 11) is 0. The Morgan fingerprint density at radius 1 is 0.938 bits per heavy atom. The molecular formula is C26H22N2O4. The van der Waals surface area contributed by atoms with Crippen molar-refractivity contribution < 1.29 is 19.4 Å². The molecule has 0 saturated heterocycles. The number of carbonyl (C=O) groups excluding carboxylic acids is 1. The van der Waals surface area contributed by atoms with Crippen LogP contribution in [0.3, 0.4) is 0 Å². The van der Waals surface area contributed by atoms with Gasteiger partial charge in [0.05, 0.1) is 23.3 Å². The average Bonchev–Trinajstić information content (AvgIpc) is 2.81. The van der Waals surface area contributed by atoms with E-state index < -0.39 is 5.97 Å². The zero-order valence-electron chi connectivity index (χ0n) is 17.6. The SMILES string of the molecule is CC(=O)N(Cc1cccc(C(=O)O)c1)c1cccc(OCc2ccc3ccccc3n2)c1. The smallest absolute Gasteiger partial charge is 0.335 e. The van der Waals surface area contributed by atoms with Crippen LogP contribution in [0.1, 0.15) is 28.5 Å². The van der Waals surface area contributed by atoms with E-state index in [0.717, 1.165) is 22.2 Å². The molecule has 0 spiro atoms. The summed E-state index contributed by atoms with van der Waals surface area (Å²) in [5.41, 5.74) is 3.30. The van der Waals surface area contributed by atoms with Gasteiger partial charge in [0, 0.05) is 24.1 Å². The Balaban J connectivity index is 1.51. The standard InChI is InChI=1S/C26H22N2O4/c1-18(29)28(16-19-6-4-8-21(14-19)26(30)31)23-9-5-10-24(15-23)32-17-22-13-12-20-7-2-3-11-25(20)27-22/h2-15H,16-17H2,1H3,(H,30,31). The van der Waals surface area contributed by atoms with Gasteiger partial charge in [-0.05, 0) is 42.0 Å². The number of carboxylic acid groups (broad SMARTS) is 1. The second-order valence-electron chi connectivity index (χ2n) is 7.39. The van der Waals surface area contributed by atoms with Gasteiger partial charge in [-0.2, -0.15) is 0 Å². The van der Waals surface area contributed by atoms with Gasteiger partial charge in [0.1, 0.15) is 12.4 Å². The van der Waals surface area contributed by atoms with E-state index in [-0.39, 0.29) is 18.0 Å². The van der Waals surface area contributed by atoms with Crippen LogP contribution >= 0.6 is 0 Å². The summed E-state index contributed by atoms with van der Waals surface area (Å²) in [5, 5.41) is 10.3. The van der Waals surface area contributed by atoms with Gasteiger partial charge in [-0.15, -0.1) is 0 Å².